The monoisotopic (exact) mass is 457 g/mol. The molecule has 3 aromatic rings. The standard InChI is InChI=1S/C29H35N3O2/c1-2-8-23(9-3-1)21-33-17-7-13-25-11-4-10-24-12-6-16-32(29(24)25)27-18-28(20-30-19-27)34-22-26-14-5-15-31-26/h1-4,8-11,18-20,26,31H,5-7,12-17,21-22H2. The van der Waals surface area contributed by atoms with Crippen LogP contribution < -0.4 is 15.0 Å². The molecule has 2 aromatic carbocycles. The fourth-order valence-electron chi connectivity index (χ4n) is 5.05. The summed E-state index contributed by atoms with van der Waals surface area (Å²) in [5.74, 6) is 0.852. The number of ether oxygens (including phenoxy) is 2. The van der Waals surface area contributed by atoms with E-state index < -0.39 is 0 Å². The molecular weight excluding hydrogens is 422 g/mol. The maximum absolute atomic E-state index is 6.10. The lowest BCUT2D eigenvalue weighted by atomic mass is 9.95. The van der Waals surface area contributed by atoms with Gasteiger partial charge in [-0.2, -0.15) is 0 Å². The van der Waals surface area contributed by atoms with Crippen molar-refractivity contribution in [2.24, 2.45) is 0 Å². The average molecular weight is 458 g/mol. The summed E-state index contributed by atoms with van der Waals surface area (Å²) >= 11 is 0. The smallest absolute Gasteiger partial charge is 0.139 e. The Labute approximate surface area is 203 Å². The van der Waals surface area contributed by atoms with Crippen molar-refractivity contribution in [3.8, 4) is 5.75 Å². The minimum atomic E-state index is 0.454. The predicted octanol–water partition coefficient (Wildman–Crippen LogP) is 5.45. The number of hydrogen-bond donors (Lipinski definition) is 1. The fraction of sp³-hybridized carbons (Fsp3) is 0.414. The number of para-hydroxylation sites is 1. The van der Waals surface area contributed by atoms with Gasteiger partial charge in [0.1, 0.15) is 12.4 Å². The van der Waals surface area contributed by atoms with Gasteiger partial charge in [0, 0.05) is 30.9 Å². The fourth-order valence-corrected chi connectivity index (χ4v) is 5.05. The third-order valence-corrected chi connectivity index (χ3v) is 6.77. The molecule has 2 aliphatic heterocycles. The van der Waals surface area contributed by atoms with Crippen LogP contribution in [-0.4, -0.2) is 37.3 Å². The minimum Gasteiger partial charge on any atom is -0.490 e. The van der Waals surface area contributed by atoms with Crippen LogP contribution in [0, 0.1) is 0 Å². The number of hydrogen-bond acceptors (Lipinski definition) is 5. The molecule has 1 atom stereocenters. The SMILES string of the molecule is c1ccc(COCCCc2cccc3c2N(c2cncc(OCC4CCCN4)c2)CCC3)cc1. The summed E-state index contributed by atoms with van der Waals surface area (Å²) in [4.78, 5) is 6.95. The molecule has 0 spiro atoms. The number of rotatable bonds is 10. The summed E-state index contributed by atoms with van der Waals surface area (Å²) in [6.07, 6.45) is 10.5. The van der Waals surface area contributed by atoms with Crippen molar-refractivity contribution >= 4 is 11.4 Å². The second-order valence-corrected chi connectivity index (χ2v) is 9.30. The summed E-state index contributed by atoms with van der Waals surface area (Å²) in [5.41, 5.74) is 6.51. The van der Waals surface area contributed by atoms with Crippen molar-refractivity contribution in [3.05, 3.63) is 83.7 Å². The predicted molar refractivity (Wildman–Crippen MR) is 137 cm³/mol. The maximum Gasteiger partial charge on any atom is 0.139 e. The van der Waals surface area contributed by atoms with Crippen LogP contribution in [0.2, 0.25) is 0 Å². The Balaban J connectivity index is 1.24. The van der Waals surface area contributed by atoms with Crippen molar-refractivity contribution in [2.45, 2.75) is 51.2 Å². The summed E-state index contributed by atoms with van der Waals surface area (Å²) < 4.78 is 12.0. The Kier molecular flexibility index (Phi) is 7.74. The first-order valence-electron chi connectivity index (χ1n) is 12.7. The number of pyridine rings is 1. The highest BCUT2D eigenvalue weighted by Crippen LogP contribution is 2.37. The van der Waals surface area contributed by atoms with E-state index in [4.69, 9.17) is 9.47 Å². The van der Waals surface area contributed by atoms with Crippen molar-refractivity contribution in [2.75, 3.05) is 31.2 Å². The van der Waals surface area contributed by atoms with Crippen LogP contribution in [0.4, 0.5) is 11.4 Å². The quantitative estimate of drug-likeness (QED) is 0.411. The van der Waals surface area contributed by atoms with Crippen LogP contribution in [0.15, 0.2) is 67.0 Å². The van der Waals surface area contributed by atoms with Crippen LogP contribution in [0.25, 0.3) is 0 Å². The molecule has 1 unspecified atom stereocenters. The number of aromatic nitrogens is 1. The lowest BCUT2D eigenvalue weighted by Crippen LogP contribution is -2.28. The lowest BCUT2D eigenvalue weighted by molar-refractivity contribution is 0.118. The molecule has 0 aliphatic carbocycles. The van der Waals surface area contributed by atoms with E-state index in [0.29, 0.717) is 19.3 Å². The summed E-state index contributed by atoms with van der Waals surface area (Å²) in [7, 11) is 0. The van der Waals surface area contributed by atoms with E-state index >= 15 is 0 Å². The number of nitrogens with zero attached hydrogens (tertiary/aromatic N) is 2. The maximum atomic E-state index is 6.10. The molecule has 0 radical (unpaired) electrons. The number of aryl methyl sites for hydroxylation is 2. The van der Waals surface area contributed by atoms with E-state index in [2.05, 4.69) is 63.7 Å². The third-order valence-electron chi connectivity index (χ3n) is 6.77. The minimum absolute atomic E-state index is 0.454. The van der Waals surface area contributed by atoms with E-state index in [1.165, 1.54) is 35.2 Å². The zero-order valence-corrected chi connectivity index (χ0v) is 19.9. The first-order valence-corrected chi connectivity index (χ1v) is 12.7. The Hall–Kier alpha value is -2.89. The molecule has 1 saturated heterocycles. The highest BCUT2D eigenvalue weighted by molar-refractivity contribution is 5.71. The van der Waals surface area contributed by atoms with Crippen molar-refractivity contribution in [3.63, 3.8) is 0 Å². The first kappa shape index (κ1) is 22.9. The van der Waals surface area contributed by atoms with Gasteiger partial charge in [0.25, 0.3) is 0 Å². The van der Waals surface area contributed by atoms with Crippen molar-refractivity contribution in [1.82, 2.24) is 10.3 Å². The van der Waals surface area contributed by atoms with Gasteiger partial charge in [-0.1, -0.05) is 48.5 Å². The number of nitrogens with one attached hydrogen (secondary N) is 1. The molecule has 5 heteroatoms. The van der Waals surface area contributed by atoms with E-state index in [1.54, 1.807) is 0 Å². The molecule has 5 nitrogen and oxygen atoms in total. The van der Waals surface area contributed by atoms with Gasteiger partial charge >= 0.3 is 0 Å². The largest absolute Gasteiger partial charge is 0.490 e. The topological polar surface area (TPSA) is 46.6 Å². The summed E-state index contributed by atoms with van der Waals surface area (Å²) in [6.45, 7) is 4.24. The van der Waals surface area contributed by atoms with Crippen LogP contribution in [0.3, 0.4) is 0 Å². The van der Waals surface area contributed by atoms with Crippen LogP contribution in [0.5, 0.6) is 5.75 Å². The number of benzene rings is 2. The molecular formula is C29H35N3O2. The molecule has 1 aromatic heterocycles. The van der Waals surface area contributed by atoms with Crippen LogP contribution in [-0.2, 0) is 24.2 Å². The van der Waals surface area contributed by atoms with Crippen LogP contribution in [0.1, 0.15) is 42.4 Å². The molecule has 34 heavy (non-hydrogen) atoms. The van der Waals surface area contributed by atoms with Crippen molar-refractivity contribution < 1.29 is 9.47 Å². The molecule has 5 rings (SSSR count). The molecule has 0 amide bonds. The van der Waals surface area contributed by atoms with Gasteiger partial charge in [-0.05, 0) is 61.8 Å². The van der Waals surface area contributed by atoms with Gasteiger partial charge < -0.3 is 19.7 Å². The van der Waals surface area contributed by atoms with Gasteiger partial charge in [-0.15, -0.1) is 0 Å². The lowest BCUT2D eigenvalue weighted by Gasteiger charge is -2.33. The average Bonchev–Trinajstić information content (AvgIpc) is 3.42. The Bertz CT molecular complexity index is 1050. The Morgan fingerprint density at radius 2 is 1.97 bits per heavy atom. The normalized spacial score (nSPS) is 17.5. The summed E-state index contributed by atoms with van der Waals surface area (Å²) in [5, 5.41) is 3.50. The summed E-state index contributed by atoms with van der Waals surface area (Å²) in [6, 6.07) is 19.7. The van der Waals surface area contributed by atoms with Gasteiger partial charge in [-0.3, -0.25) is 4.98 Å². The van der Waals surface area contributed by atoms with Gasteiger partial charge in [0.05, 0.1) is 24.7 Å². The van der Waals surface area contributed by atoms with E-state index in [1.807, 2.05) is 18.5 Å². The highest BCUT2D eigenvalue weighted by Gasteiger charge is 2.22. The Morgan fingerprint density at radius 1 is 1.03 bits per heavy atom. The van der Waals surface area contributed by atoms with Crippen molar-refractivity contribution in [1.29, 1.82) is 0 Å². The molecule has 2 aliphatic rings. The highest BCUT2D eigenvalue weighted by atomic mass is 16.5. The molecule has 3 heterocycles. The van der Waals surface area contributed by atoms with Crippen LogP contribution >= 0.6 is 0 Å². The molecule has 0 saturated carbocycles. The second-order valence-electron chi connectivity index (χ2n) is 9.30. The van der Waals surface area contributed by atoms with Gasteiger partial charge in [-0.25, -0.2) is 0 Å². The zero-order chi connectivity index (χ0) is 23.0. The molecule has 1 fully saturated rings. The molecule has 178 valence electrons. The zero-order valence-electron chi connectivity index (χ0n) is 19.9. The second kappa shape index (κ2) is 11.5. The number of anilines is 2. The first-order chi connectivity index (χ1) is 16.9. The molecule has 0 bridgehead atoms. The van der Waals surface area contributed by atoms with Gasteiger partial charge in [0.15, 0.2) is 0 Å². The van der Waals surface area contributed by atoms with E-state index in [0.717, 1.165) is 56.8 Å². The van der Waals surface area contributed by atoms with Gasteiger partial charge in [0.2, 0.25) is 0 Å². The van der Waals surface area contributed by atoms with E-state index in [9.17, 15) is 0 Å². The number of fused-ring (bicyclic) bond motifs is 1. The van der Waals surface area contributed by atoms with E-state index in [-0.39, 0.29) is 0 Å². The third kappa shape index (κ3) is 5.78. The molecule has 1 N–H and O–H groups in total. The Morgan fingerprint density at radius 3 is 2.85 bits per heavy atom.